The summed E-state index contributed by atoms with van der Waals surface area (Å²) >= 11 is 1.70. The molecule has 2 heterocycles. The van der Waals surface area contributed by atoms with Gasteiger partial charge in [-0.2, -0.15) is 11.8 Å². The summed E-state index contributed by atoms with van der Waals surface area (Å²) < 4.78 is 0. The van der Waals surface area contributed by atoms with E-state index in [0.717, 1.165) is 38.1 Å². The minimum absolute atomic E-state index is 0.187. The summed E-state index contributed by atoms with van der Waals surface area (Å²) in [5.74, 6) is 2.10. The van der Waals surface area contributed by atoms with Crippen LogP contribution in [-0.4, -0.2) is 51.9 Å². The number of aromatic nitrogens is 2. The van der Waals surface area contributed by atoms with Crippen LogP contribution in [0.15, 0.2) is 12.3 Å². The van der Waals surface area contributed by atoms with Gasteiger partial charge in [0, 0.05) is 24.4 Å². The lowest BCUT2D eigenvalue weighted by atomic mass is 10.1. The molecule has 0 aliphatic carbocycles. The van der Waals surface area contributed by atoms with E-state index >= 15 is 0 Å². The highest BCUT2D eigenvalue weighted by Crippen LogP contribution is 2.18. The predicted molar refractivity (Wildman–Crippen MR) is 90.5 cm³/mol. The number of nitrogens with zero attached hydrogens (tertiary/aromatic N) is 3. The van der Waals surface area contributed by atoms with Crippen molar-refractivity contribution in [1.82, 2.24) is 20.2 Å². The molecule has 122 valence electrons. The number of hydrogen-bond donors (Lipinski definition) is 2. The maximum Gasteiger partial charge on any atom is 0.224 e. The van der Waals surface area contributed by atoms with Crippen molar-refractivity contribution < 1.29 is 4.79 Å². The second-order valence-corrected chi connectivity index (χ2v) is 6.48. The van der Waals surface area contributed by atoms with Gasteiger partial charge in [-0.3, -0.25) is 4.79 Å². The molecule has 2 rings (SSSR count). The van der Waals surface area contributed by atoms with E-state index in [-0.39, 0.29) is 11.9 Å². The molecule has 1 aliphatic heterocycles. The Morgan fingerprint density at radius 1 is 1.50 bits per heavy atom. The van der Waals surface area contributed by atoms with Crippen LogP contribution in [-0.2, 0) is 11.3 Å². The Morgan fingerprint density at radius 3 is 3.14 bits per heavy atom. The van der Waals surface area contributed by atoms with Crippen LogP contribution in [0, 0.1) is 0 Å². The van der Waals surface area contributed by atoms with Crippen LogP contribution in [0.1, 0.15) is 31.5 Å². The van der Waals surface area contributed by atoms with Crippen molar-refractivity contribution in [3.63, 3.8) is 0 Å². The molecule has 1 atom stereocenters. The van der Waals surface area contributed by atoms with E-state index in [9.17, 15) is 4.79 Å². The zero-order chi connectivity index (χ0) is 15.8. The number of carbonyl (C=O) groups is 1. The summed E-state index contributed by atoms with van der Waals surface area (Å²) in [7, 11) is 0. The van der Waals surface area contributed by atoms with Crippen molar-refractivity contribution in [2.24, 2.45) is 0 Å². The van der Waals surface area contributed by atoms with Crippen LogP contribution in [0.2, 0.25) is 0 Å². The number of amides is 1. The minimum Gasteiger partial charge on any atom is -0.384 e. The number of nitrogens with two attached hydrogens (primary N) is 1. The van der Waals surface area contributed by atoms with Gasteiger partial charge in [0.1, 0.15) is 11.6 Å². The van der Waals surface area contributed by atoms with E-state index in [4.69, 9.17) is 5.73 Å². The lowest BCUT2D eigenvalue weighted by Crippen LogP contribution is -2.41. The topological polar surface area (TPSA) is 84.1 Å². The highest BCUT2D eigenvalue weighted by molar-refractivity contribution is 7.98. The fourth-order valence-electron chi connectivity index (χ4n) is 2.71. The van der Waals surface area contributed by atoms with E-state index < -0.39 is 0 Å². The van der Waals surface area contributed by atoms with E-state index in [1.165, 1.54) is 0 Å². The quantitative estimate of drug-likeness (QED) is 0.820. The molecule has 0 radical (unpaired) electrons. The molecular formula is C15H25N5OS. The number of hydrogen-bond acceptors (Lipinski definition) is 6. The summed E-state index contributed by atoms with van der Waals surface area (Å²) in [5.41, 5.74) is 5.73. The molecule has 1 amide bonds. The molecule has 6 nitrogen and oxygen atoms in total. The monoisotopic (exact) mass is 323 g/mol. The van der Waals surface area contributed by atoms with Gasteiger partial charge >= 0.3 is 0 Å². The van der Waals surface area contributed by atoms with Gasteiger partial charge in [0.05, 0.1) is 6.54 Å². The molecule has 0 bridgehead atoms. The van der Waals surface area contributed by atoms with E-state index in [1.54, 1.807) is 24.0 Å². The lowest BCUT2D eigenvalue weighted by molar-refractivity contribution is -0.134. The van der Waals surface area contributed by atoms with Gasteiger partial charge in [-0.25, -0.2) is 9.97 Å². The number of nitrogens with one attached hydrogen (secondary N) is 1. The smallest absolute Gasteiger partial charge is 0.224 e. The standard InChI is InChI=1S/C15H25N5OS/c1-22-10-6-15(21)20(12-3-2-7-17-8-4-12)11-14-18-9-5-13(16)19-14/h5,9,12,17H,2-4,6-8,10-11H2,1H3,(H2,16,18,19)/t12-/m1/s1. The first-order valence-corrected chi connectivity index (χ1v) is 9.16. The number of nitrogen functional groups attached to an aromatic ring is 1. The zero-order valence-corrected chi connectivity index (χ0v) is 13.9. The van der Waals surface area contributed by atoms with Crippen molar-refractivity contribution in [3.8, 4) is 0 Å². The number of thioether (sulfide) groups is 1. The molecule has 0 saturated carbocycles. The predicted octanol–water partition coefficient (Wildman–Crippen LogP) is 1.28. The summed E-state index contributed by atoms with van der Waals surface area (Å²) in [6, 6.07) is 1.92. The fraction of sp³-hybridized carbons (Fsp3) is 0.667. The van der Waals surface area contributed by atoms with Gasteiger partial charge in [0.2, 0.25) is 5.91 Å². The average Bonchev–Trinajstić information content (AvgIpc) is 2.79. The first-order chi connectivity index (χ1) is 10.7. The Bertz CT molecular complexity index is 477. The molecule has 1 aromatic heterocycles. The number of anilines is 1. The fourth-order valence-corrected chi connectivity index (χ4v) is 3.09. The molecule has 1 saturated heterocycles. The normalized spacial score (nSPS) is 18.7. The van der Waals surface area contributed by atoms with Gasteiger partial charge in [0.15, 0.2) is 0 Å². The molecule has 7 heteroatoms. The molecule has 0 aromatic carbocycles. The molecule has 1 aromatic rings. The van der Waals surface area contributed by atoms with Crippen molar-refractivity contribution in [3.05, 3.63) is 18.1 Å². The number of rotatable bonds is 6. The Labute approximate surface area is 136 Å². The summed E-state index contributed by atoms with van der Waals surface area (Å²) in [5, 5.41) is 3.39. The molecule has 3 N–H and O–H groups in total. The Balaban J connectivity index is 2.10. The van der Waals surface area contributed by atoms with Crippen molar-refractivity contribution in [2.45, 2.75) is 38.3 Å². The third kappa shape index (κ3) is 5.14. The van der Waals surface area contributed by atoms with Crippen molar-refractivity contribution in [1.29, 1.82) is 0 Å². The second kappa shape index (κ2) is 8.95. The lowest BCUT2D eigenvalue weighted by Gasteiger charge is -2.30. The minimum atomic E-state index is 0.187. The highest BCUT2D eigenvalue weighted by Gasteiger charge is 2.25. The zero-order valence-electron chi connectivity index (χ0n) is 13.1. The number of carbonyl (C=O) groups excluding carboxylic acids is 1. The first kappa shape index (κ1) is 17.0. The molecule has 22 heavy (non-hydrogen) atoms. The Kier molecular flexibility index (Phi) is 6.92. The Morgan fingerprint density at radius 2 is 2.36 bits per heavy atom. The average molecular weight is 323 g/mol. The van der Waals surface area contributed by atoms with Gasteiger partial charge in [-0.05, 0) is 44.7 Å². The molecule has 1 aliphatic rings. The van der Waals surface area contributed by atoms with Crippen LogP contribution in [0.5, 0.6) is 0 Å². The van der Waals surface area contributed by atoms with Crippen LogP contribution in [0.25, 0.3) is 0 Å². The molecule has 0 unspecified atom stereocenters. The Hall–Kier alpha value is -1.34. The first-order valence-electron chi connectivity index (χ1n) is 7.77. The van der Waals surface area contributed by atoms with E-state index in [2.05, 4.69) is 15.3 Å². The third-order valence-electron chi connectivity index (χ3n) is 3.87. The van der Waals surface area contributed by atoms with Gasteiger partial charge in [0.25, 0.3) is 0 Å². The van der Waals surface area contributed by atoms with Gasteiger partial charge < -0.3 is 16.0 Å². The summed E-state index contributed by atoms with van der Waals surface area (Å²) in [6.07, 6.45) is 7.33. The summed E-state index contributed by atoms with van der Waals surface area (Å²) in [6.45, 7) is 2.43. The van der Waals surface area contributed by atoms with Gasteiger partial charge in [-0.1, -0.05) is 0 Å². The molecule has 1 fully saturated rings. The van der Waals surface area contributed by atoms with Crippen molar-refractivity contribution in [2.75, 3.05) is 30.8 Å². The van der Waals surface area contributed by atoms with E-state index in [1.807, 2.05) is 11.2 Å². The van der Waals surface area contributed by atoms with Crippen molar-refractivity contribution >= 4 is 23.5 Å². The third-order valence-corrected chi connectivity index (χ3v) is 4.48. The highest BCUT2D eigenvalue weighted by atomic mass is 32.2. The summed E-state index contributed by atoms with van der Waals surface area (Å²) in [4.78, 5) is 23.1. The molecule has 0 spiro atoms. The van der Waals surface area contributed by atoms with E-state index in [0.29, 0.717) is 24.6 Å². The van der Waals surface area contributed by atoms with Crippen LogP contribution >= 0.6 is 11.8 Å². The molecular weight excluding hydrogens is 298 g/mol. The van der Waals surface area contributed by atoms with Gasteiger partial charge in [-0.15, -0.1) is 0 Å². The second-order valence-electron chi connectivity index (χ2n) is 5.50. The van der Waals surface area contributed by atoms with Crippen LogP contribution in [0.3, 0.4) is 0 Å². The maximum absolute atomic E-state index is 12.6. The van der Waals surface area contributed by atoms with Crippen LogP contribution in [0.4, 0.5) is 5.82 Å². The largest absolute Gasteiger partial charge is 0.384 e. The maximum atomic E-state index is 12.6. The SMILES string of the molecule is CSCCC(=O)N(Cc1nccc(N)n1)[C@@H]1CCCNCC1. The van der Waals surface area contributed by atoms with Crippen LogP contribution < -0.4 is 11.1 Å².